The van der Waals surface area contributed by atoms with E-state index in [2.05, 4.69) is 0 Å². The van der Waals surface area contributed by atoms with E-state index in [9.17, 15) is 28.1 Å². The highest BCUT2D eigenvalue weighted by molar-refractivity contribution is 7.84. The number of phenols is 1. The molecular formula is C37H29ClFNO7S. The van der Waals surface area contributed by atoms with Gasteiger partial charge in [-0.1, -0.05) is 29.8 Å². The van der Waals surface area contributed by atoms with E-state index >= 15 is 0 Å². The number of aliphatic carboxylic acids is 2. The van der Waals surface area contributed by atoms with Crippen LogP contribution in [0.1, 0.15) is 46.0 Å². The van der Waals surface area contributed by atoms with Gasteiger partial charge in [0.15, 0.2) is 0 Å². The van der Waals surface area contributed by atoms with Crippen LogP contribution in [0, 0.1) is 5.82 Å². The van der Waals surface area contributed by atoms with Gasteiger partial charge in [-0.15, -0.1) is 0 Å². The van der Waals surface area contributed by atoms with Crippen LogP contribution in [0.15, 0.2) is 102 Å². The maximum atomic E-state index is 13.7. The molecule has 0 saturated carbocycles. The summed E-state index contributed by atoms with van der Waals surface area (Å²) in [4.78, 5) is 35.6. The van der Waals surface area contributed by atoms with Gasteiger partial charge < -0.3 is 15.3 Å². The number of rotatable bonds is 7. The average molecular weight is 686 g/mol. The van der Waals surface area contributed by atoms with E-state index in [0.717, 1.165) is 27.2 Å². The summed E-state index contributed by atoms with van der Waals surface area (Å²) in [6, 6.07) is 22.8. The smallest absolute Gasteiger partial charge is 0.307 e. The van der Waals surface area contributed by atoms with E-state index in [1.54, 1.807) is 54.8 Å². The molecule has 0 aliphatic heterocycles. The second kappa shape index (κ2) is 14.2. The zero-order valence-electron chi connectivity index (χ0n) is 25.7. The standard InChI is InChI=1S/C20H17FO3S.C17H12ClNO4/c1-12-17(9-13-3-6-15(7-4-13)25(2)24)16-8-5-14(21)10-19(16)18(12)11-20(22)23;18-12-3-1-10(2-4-12)17(23)19-9-11(7-16(21)22)14-8-13(20)5-6-15(14)19/h3-10H,11H2,1-2H3,(H,22,23);1-6,8-9,20H,7H2,(H,21,22)/b17-9-;. The molecule has 0 radical (unpaired) electrons. The Balaban J connectivity index is 0.000000188. The van der Waals surface area contributed by atoms with E-state index in [1.165, 1.54) is 35.0 Å². The van der Waals surface area contributed by atoms with Crippen molar-refractivity contribution in [2.75, 3.05) is 6.26 Å². The van der Waals surface area contributed by atoms with Crippen molar-refractivity contribution in [1.82, 2.24) is 4.57 Å². The van der Waals surface area contributed by atoms with Crippen LogP contribution in [-0.2, 0) is 26.8 Å². The van der Waals surface area contributed by atoms with Gasteiger partial charge in [-0.05, 0) is 119 Å². The van der Waals surface area contributed by atoms with Gasteiger partial charge in [-0.2, -0.15) is 0 Å². The molecule has 0 spiro atoms. The summed E-state index contributed by atoms with van der Waals surface area (Å²) in [6.07, 6.45) is 4.69. The topological polar surface area (TPSA) is 134 Å². The number of carbonyl (C=O) groups excluding carboxylic acids is 1. The number of allylic oxidation sites excluding steroid dienone is 2. The minimum Gasteiger partial charge on any atom is -0.508 e. The summed E-state index contributed by atoms with van der Waals surface area (Å²) in [6.45, 7) is 1.86. The molecule has 1 aromatic heterocycles. The number of halogens is 2. The van der Waals surface area contributed by atoms with Gasteiger partial charge >= 0.3 is 11.9 Å². The van der Waals surface area contributed by atoms with Crippen LogP contribution in [-0.4, -0.2) is 48.2 Å². The summed E-state index contributed by atoms with van der Waals surface area (Å²) in [5, 5.41) is 28.9. The van der Waals surface area contributed by atoms with E-state index in [-0.39, 0.29) is 30.3 Å². The predicted octanol–water partition coefficient (Wildman–Crippen LogP) is 7.68. The lowest BCUT2D eigenvalue weighted by atomic mass is 10.0. The first-order valence-electron chi connectivity index (χ1n) is 14.5. The number of fused-ring (bicyclic) bond motifs is 2. The number of phenolic OH excluding ortho intramolecular Hbond substituents is 1. The van der Waals surface area contributed by atoms with Gasteiger partial charge in [-0.3, -0.25) is 23.2 Å². The van der Waals surface area contributed by atoms with Crippen molar-refractivity contribution >= 4 is 68.4 Å². The lowest BCUT2D eigenvalue weighted by Gasteiger charge is -2.05. The maximum Gasteiger partial charge on any atom is 0.307 e. The summed E-state index contributed by atoms with van der Waals surface area (Å²) in [5.41, 5.74) is 6.18. The Hall–Kier alpha value is -5.32. The number of hydrogen-bond acceptors (Lipinski definition) is 5. The number of hydrogen-bond donors (Lipinski definition) is 3. The van der Waals surface area contributed by atoms with Crippen molar-refractivity contribution in [2.45, 2.75) is 24.7 Å². The second-order valence-electron chi connectivity index (χ2n) is 11.1. The minimum atomic E-state index is -1.04. The number of carboxylic acid groups (broad SMARTS) is 2. The van der Waals surface area contributed by atoms with E-state index in [0.29, 0.717) is 38.2 Å². The molecule has 11 heteroatoms. The number of aromatic nitrogens is 1. The number of carboxylic acids is 2. The highest BCUT2D eigenvalue weighted by Crippen LogP contribution is 2.43. The number of aromatic hydroxyl groups is 1. The van der Waals surface area contributed by atoms with Crippen LogP contribution in [0.4, 0.5) is 4.39 Å². The Bertz CT molecular complexity index is 2170. The third kappa shape index (κ3) is 7.46. The lowest BCUT2D eigenvalue weighted by molar-refractivity contribution is -0.137. The van der Waals surface area contributed by atoms with Gasteiger partial charge in [0.2, 0.25) is 0 Å². The number of carbonyl (C=O) groups is 3. The predicted molar refractivity (Wildman–Crippen MR) is 184 cm³/mol. The molecule has 1 aliphatic rings. The third-order valence-electron chi connectivity index (χ3n) is 7.83. The lowest BCUT2D eigenvalue weighted by Crippen LogP contribution is -2.10. The Labute approximate surface area is 282 Å². The molecule has 5 aromatic rings. The zero-order chi connectivity index (χ0) is 34.7. The molecule has 0 bridgehead atoms. The molecule has 1 unspecified atom stereocenters. The Morgan fingerprint density at radius 3 is 2.17 bits per heavy atom. The molecule has 0 fully saturated rings. The molecule has 1 heterocycles. The van der Waals surface area contributed by atoms with Crippen LogP contribution >= 0.6 is 11.6 Å². The zero-order valence-corrected chi connectivity index (χ0v) is 27.3. The third-order valence-corrected chi connectivity index (χ3v) is 9.01. The molecule has 48 heavy (non-hydrogen) atoms. The van der Waals surface area contributed by atoms with Gasteiger partial charge in [0.25, 0.3) is 5.91 Å². The average Bonchev–Trinajstić information content (AvgIpc) is 3.50. The first-order valence-corrected chi connectivity index (χ1v) is 16.5. The normalized spacial score (nSPS) is 13.6. The number of benzene rings is 4. The first-order chi connectivity index (χ1) is 22.8. The highest BCUT2D eigenvalue weighted by Gasteiger charge is 2.25. The molecular weight excluding hydrogens is 657 g/mol. The Morgan fingerprint density at radius 1 is 0.875 bits per heavy atom. The van der Waals surface area contributed by atoms with E-state index in [1.807, 2.05) is 25.1 Å². The molecule has 0 amide bonds. The van der Waals surface area contributed by atoms with Gasteiger partial charge in [0, 0.05) is 44.1 Å². The van der Waals surface area contributed by atoms with Crippen LogP contribution in [0.3, 0.4) is 0 Å². The molecule has 8 nitrogen and oxygen atoms in total. The largest absolute Gasteiger partial charge is 0.508 e. The molecule has 4 aromatic carbocycles. The van der Waals surface area contributed by atoms with E-state index < -0.39 is 22.7 Å². The van der Waals surface area contributed by atoms with Gasteiger partial charge in [0.1, 0.15) is 11.6 Å². The van der Waals surface area contributed by atoms with Crippen molar-refractivity contribution in [3.05, 3.63) is 135 Å². The van der Waals surface area contributed by atoms with Crippen molar-refractivity contribution in [3.63, 3.8) is 0 Å². The first kappa shape index (κ1) is 34.0. The summed E-state index contributed by atoms with van der Waals surface area (Å²) in [5.74, 6) is -2.62. The van der Waals surface area contributed by atoms with Gasteiger partial charge in [0.05, 0.1) is 18.4 Å². The van der Waals surface area contributed by atoms with Crippen molar-refractivity contribution in [2.24, 2.45) is 0 Å². The Morgan fingerprint density at radius 2 is 1.54 bits per heavy atom. The van der Waals surface area contributed by atoms with Crippen LogP contribution < -0.4 is 0 Å². The van der Waals surface area contributed by atoms with Crippen molar-refractivity contribution < 1.29 is 38.3 Å². The fraction of sp³-hybridized carbons (Fsp3) is 0.108. The maximum absolute atomic E-state index is 13.7. The fourth-order valence-electron chi connectivity index (χ4n) is 5.54. The minimum absolute atomic E-state index is 0.0147. The fourth-order valence-corrected chi connectivity index (χ4v) is 6.19. The molecule has 0 saturated heterocycles. The SMILES string of the molecule is CC1=C(CC(=O)O)c2cc(F)ccc2/C1=C\c1ccc(S(C)=O)cc1.O=C(O)Cc1cn(C(=O)c2ccc(Cl)cc2)c2ccc(O)cc12. The second-order valence-corrected chi connectivity index (χ2v) is 12.9. The molecule has 6 rings (SSSR count). The highest BCUT2D eigenvalue weighted by atomic mass is 35.5. The van der Waals surface area contributed by atoms with Crippen LogP contribution in [0.25, 0.3) is 28.1 Å². The van der Waals surface area contributed by atoms with Gasteiger partial charge in [-0.25, -0.2) is 4.39 Å². The van der Waals surface area contributed by atoms with E-state index in [4.69, 9.17) is 21.8 Å². The molecule has 244 valence electrons. The monoisotopic (exact) mass is 685 g/mol. The summed E-state index contributed by atoms with van der Waals surface area (Å²) < 4.78 is 26.5. The Kier molecular flexibility index (Phi) is 10.1. The van der Waals surface area contributed by atoms with Crippen molar-refractivity contribution in [1.29, 1.82) is 0 Å². The molecule has 1 aliphatic carbocycles. The summed E-state index contributed by atoms with van der Waals surface area (Å²) >= 11 is 5.83. The van der Waals surface area contributed by atoms with Crippen molar-refractivity contribution in [3.8, 4) is 5.75 Å². The molecule has 3 N–H and O–H groups in total. The quantitative estimate of drug-likeness (QED) is 0.160. The summed E-state index contributed by atoms with van der Waals surface area (Å²) in [7, 11) is -1.04. The van der Waals surface area contributed by atoms with Crippen LogP contribution in [0.5, 0.6) is 5.75 Å². The van der Waals surface area contributed by atoms with Crippen LogP contribution in [0.2, 0.25) is 5.02 Å². The molecule has 1 atom stereocenters. The number of nitrogens with zero attached hydrogens (tertiary/aromatic N) is 1.